The number of hydrogen-bond acceptors (Lipinski definition) is 3. The zero-order valence-electron chi connectivity index (χ0n) is 16.6. The summed E-state index contributed by atoms with van der Waals surface area (Å²) in [6.45, 7) is 4.20. The van der Waals surface area contributed by atoms with Crippen molar-refractivity contribution >= 4 is 35.0 Å². The molecule has 0 bridgehead atoms. The van der Waals surface area contributed by atoms with E-state index in [9.17, 15) is 9.59 Å². The SMILES string of the molecule is CCCCCCC(=O)Nc1cccc([C@@H]2SCC(=O)N2c2ccc(C)cc2)c1. The Hall–Kier alpha value is -2.27. The Morgan fingerprint density at radius 3 is 2.68 bits per heavy atom. The van der Waals surface area contributed by atoms with Gasteiger partial charge in [0, 0.05) is 17.8 Å². The molecule has 1 N–H and O–H groups in total. The monoisotopic (exact) mass is 396 g/mol. The zero-order chi connectivity index (χ0) is 19.9. The third-order valence-corrected chi connectivity index (χ3v) is 6.11. The zero-order valence-corrected chi connectivity index (χ0v) is 17.4. The third kappa shape index (κ3) is 5.16. The van der Waals surface area contributed by atoms with Crippen LogP contribution in [-0.4, -0.2) is 17.6 Å². The molecule has 2 amide bonds. The van der Waals surface area contributed by atoms with Crippen molar-refractivity contribution in [2.24, 2.45) is 0 Å². The van der Waals surface area contributed by atoms with Crippen molar-refractivity contribution in [1.29, 1.82) is 0 Å². The lowest BCUT2D eigenvalue weighted by atomic mass is 10.1. The highest BCUT2D eigenvalue weighted by atomic mass is 32.2. The largest absolute Gasteiger partial charge is 0.326 e. The molecule has 1 heterocycles. The van der Waals surface area contributed by atoms with E-state index < -0.39 is 0 Å². The maximum Gasteiger partial charge on any atom is 0.238 e. The Morgan fingerprint density at radius 2 is 1.93 bits per heavy atom. The van der Waals surface area contributed by atoms with Crippen LogP contribution >= 0.6 is 11.8 Å². The van der Waals surface area contributed by atoms with E-state index in [4.69, 9.17) is 0 Å². The molecule has 28 heavy (non-hydrogen) atoms. The van der Waals surface area contributed by atoms with E-state index in [0.717, 1.165) is 29.8 Å². The molecular weight excluding hydrogens is 368 g/mol. The van der Waals surface area contributed by atoms with Gasteiger partial charge in [-0.1, -0.05) is 56.0 Å². The van der Waals surface area contributed by atoms with Crippen LogP contribution in [0.3, 0.4) is 0 Å². The van der Waals surface area contributed by atoms with Crippen LogP contribution in [-0.2, 0) is 9.59 Å². The fourth-order valence-electron chi connectivity index (χ4n) is 3.36. The van der Waals surface area contributed by atoms with Crippen LogP contribution in [0.4, 0.5) is 11.4 Å². The molecule has 0 aromatic heterocycles. The summed E-state index contributed by atoms with van der Waals surface area (Å²) in [5.74, 6) is 0.634. The number of rotatable bonds is 8. The quantitative estimate of drug-likeness (QED) is 0.584. The molecule has 0 aliphatic carbocycles. The van der Waals surface area contributed by atoms with Crippen LogP contribution in [0.25, 0.3) is 0 Å². The molecule has 3 rings (SSSR count). The van der Waals surface area contributed by atoms with Crippen molar-refractivity contribution in [3.05, 3.63) is 59.7 Å². The predicted octanol–water partition coefficient (Wildman–Crippen LogP) is 5.68. The number of hydrogen-bond donors (Lipinski definition) is 1. The summed E-state index contributed by atoms with van der Waals surface area (Å²) in [6.07, 6.45) is 4.91. The van der Waals surface area contributed by atoms with Crippen LogP contribution in [0.2, 0.25) is 0 Å². The average Bonchev–Trinajstić information content (AvgIpc) is 3.08. The minimum absolute atomic E-state index is 0.0544. The average molecular weight is 397 g/mol. The first-order valence-corrected chi connectivity index (χ1v) is 11.0. The first-order chi connectivity index (χ1) is 13.6. The van der Waals surface area contributed by atoms with Crippen molar-refractivity contribution < 1.29 is 9.59 Å². The maximum atomic E-state index is 12.5. The molecule has 1 saturated heterocycles. The fourth-order valence-corrected chi connectivity index (χ4v) is 4.53. The number of anilines is 2. The van der Waals surface area contributed by atoms with Crippen molar-refractivity contribution in [2.75, 3.05) is 16.0 Å². The van der Waals surface area contributed by atoms with E-state index in [1.54, 1.807) is 11.8 Å². The van der Waals surface area contributed by atoms with E-state index in [2.05, 4.69) is 12.2 Å². The molecular formula is C23H28N2O2S. The van der Waals surface area contributed by atoms with E-state index in [0.29, 0.717) is 12.2 Å². The number of carbonyl (C=O) groups excluding carboxylic acids is 2. The number of unbranched alkanes of at least 4 members (excludes halogenated alkanes) is 3. The van der Waals surface area contributed by atoms with Gasteiger partial charge >= 0.3 is 0 Å². The van der Waals surface area contributed by atoms with Gasteiger partial charge in [-0.3, -0.25) is 14.5 Å². The molecule has 1 fully saturated rings. The van der Waals surface area contributed by atoms with Crippen molar-refractivity contribution in [3.8, 4) is 0 Å². The van der Waals surface area contributed by atoms with E-state index in [1.807, 2.05) is 60.4 Å². The van der Waals surface area contributed by atoms with Crippen molar-refractivity contribution in [2.45, 2.75) is 51.3 Å². The molecule has 4 nitrogen and oxygen atoms in total. The lowest BCUT2D eigenvalue weighted by Crippen LogP contribution is -2.27. The molecule has 2 aromatic carbocycles. The predicted molar refractivity (Wildman–Crippen MR) is 118 cm³/mol. The van der Waals surface area contributed by atoms with Crippen LogP contribution in [0, 0.1) is 6.92 Å². The van der Waals surface area contributed by atoms with Crippen LogP contribution in [0.1, 0.15) is 55.5 Å². The highest BCUT2D eigenvalue weighted by Crippen LogP contribution is 2.42. The van der Waals surface area contributed by atoms with Gasteiger partial charge in [0.05, 0.1) is 5.75 Å². The lowest BCUT2D eigenvalue weighted by Gasteiger charge is -2.25. The Balaban J connectivity index is 1.70. The molecule has 1 aliphatic heterocycles. The fraction of sp³-hybridized carbons (Fsp3) is 0.391. The Kier molecular flexibility index (Phi) is 7.15. The minimum atomic E-state index is -0.0726. The van der Waals surface area contributed by atoms with Gasteiger partial charge in [-0.05, 0) is 43.2 Å². The number of benzene rings is 2. The van der Waals surface area contributed by atoms with Gasteiger partial charge in [0.1, 0.15) is 5.37 Å². The van der Waals surface area contributed by atoms with Gasteiger partial charge in [0.2, 0.25) is 11.8 Å². The van der Waals surface area contributed by atoms with Crippen molar-refractivity contribution in [1.82, 2.24) is 0 Å². The van der Waals surface area contributed by atoms with Gasteiger partial charge in [-0.15, -0.1) is 11.8 Å². The molecule has 0 unspecified atom stereocenters. The molecule has 0 saturated carbocycles. The number of aryl methyl sites for hydroxylation is 1. The van der Waals surface area contributed by atoms with Gasteiger partial charge in [-0.2, -0.15) is 0 Å². The minimum Gasteiger partial charge on any atom is -0.326 e. The number of amides is 2. The number of carbonyl (C=O) groups is 2. The Morgan fingerprint density at radius 1 is 1.14 bits per heavy atom. The molecule has 0 radical (unpaired) electrons. The highest BCUT2D eigenvalue weighted by Gasteiger charge is 2.34. The van der Waals surface area contributed by atoms with Crippen LogP contribution in [0.5, 0.6) is 0 Å². The van der Waals surface area contributed by atoms with Crippen LogP contribution in [0.15, 0.2) is 48.5 Å². The second kappa shape index (κ2) is 9.78. The maximum absolute atomic E-state index is 12.5. The Bertz CT molecular complexity index is 820. The molecule has 148 valence electrons. The molecule has 1 aliphatic rings. The van der Waals surface area contributed by atoms with E-state index in [1.165, 1.54) is 18.4 Å². The van der Waals surface area contributed by atoms with E-state index >= 15 is 0 Å². The van der Waals surface area contributed by atoms with Gasteiger partial charge in [0.15, 0.2) is 0 Å². The summed E-state index contributed by atoms with van der Waals surface area (Å²) in [5, 5.41) is 2.93. The number of thioether (sulfide) groups is 1. The summed E-state index contributed by atoms with van der Waals surface area (Å²) in [7, 11) is 0. The number of nitrogens with zero attached hydrogens (tertiary/aromatic N) is 1. The second-order valence-electron chi connectivity index (χ2n) is 7.25. The highest BCUT2D eigenvalue weighted by molar-refractivity contribution is 8.00. The first kappa shape index (κ1) is 20.5. The van der Waals surface area contributed by atoms with E-state index in [-0.39, 0.29) is 17.2 Å². The standard InChI is InChI=1S/C23H28N2O2S/c1-3-4-5-6-10-21(26)24-19-9-7-8-18(15-19)23-25(22(27)16-28-23)20-13-11-17(2)12-14-20/h7-9,11-15,23H,3-6,10,16H2,1-2H3,(H,24,26)/t23-/m0/s1. The van der Waals surface area contributed by atoms with Gasteiger partial charge < -0.3 is 5.32 Å². The molecule has 5 heteroatoms. The molecule has 2 aromatic rings. The summed E-state index contributed by atoms with van der Waals surface area (Å²) >= 11 is 1.62. The normalized spacial score (nSPS) is 16.4. The second-order valence-corrected chi connectivity index (χ2v) is 8.32. The van der Waals surface area contributed by atoms with Gasteiger partial charge in [-0.25, -0.2) is 0 Å². The Labute approximate surface area is 171 Å². The molecule has 1 atom stereocenters. The summed E-state index contributed by atoms with van der Waals surface area (Å²) in [5.41, 5.74) is 3.90. The summed E-state index contributed by atoms with van der Waals surface area (Å²) in [4.78, 5) is 26.6. The molecule has 0 spiro atoms. The van der Waals surface area contributed by atoms with Gasteiger partial charge in [0.25, 0.3) is 0 Å². The number of nitrogens with one attached hydrogen (secondary N) is 1. The summed E-state index contributed by atoms with van der Waals surface area (Å²) < 4.78 is 0. The van der Waals surface area contributed by atoms with Crippen LogP contribution < -0.4 is 10.2 Å². The van der Waals surface area contributed by atoms with Crippen molar-refractivity contribution in [3.63, 3.8) is 0 Å². The lowest BCUT2D eigenvalue weighted by molar-refractivity contribution is -0.117. The topological polar surface area (TPSA) is 49.4 Å². The summed E-state index contributed by atoms with van der Waals surface area (Å²) in [6, 6.07) is 15.9. The smallest absolute Gasteiger partial charge is 0.238 e. The third-order valence-electron chi connectivity index (χ3n) is 4.89. The first-order valence-electron chi connectivity index (χ1n) is 9.98.